The van der Waals surface area contributed by atoms with E-state index in [1.807, 2.05) is 26.0 Å². The van der Waals surface area contributed by atoms with Crippen molar-refractivity contribution in [3.63, 3.8) is 0 Å². The lowest BCUT2D eigenvalue weighted by molar-refractivity contribution is 0.0287. The second kappa shape index (κ2) is 3.56. The van der Waals surface area contributed by atoms with Crippen LogP contribution >= 0.6 is 0 Å². The normalized spacial score (nSPS) is 10.0. The number of rotatable bonds is 2. The quantitative estimate of drug-likeness (QED) is 0.663. The molecule has 0 saturated heterocycles. The van der Waals surface area contributed by atoms with Crippen molar-refractivity contribution in [1.29, 1.82) is 0 Å². The number of hydrogen-bond acceptors (Lipinski definition) is 3. The molecular formula is C9H13NO2. The molecule has 0 radical (unpaired) electrons. The summed E-state index contributed by atoms with van der Waals surface area (Å²) in [6, 6.07) is 5.47. The van der Waals surface area contributed by atoms with Crippen LogP contribution in [0.25, 0.3) is 0 Å². The van der Waals surface area contributed by atoms with Crippen LogP contribution < -0.4 is 5.23 Å². The predicted molar refractivity (Wildman–Crippen MR) is 46.6 cm³/mol. The zero-order chi connectivity index (χ0) is 9.14. The first-order chi connectivity index (χ1) is 5.65. The summed E-state index contributed by atoms with van der Waals surface area (Å²) in [6.45, 7) is 3.95. The van der Waals surface area contributed by atoms with Crippen molar-refractivity contribution in [3.05, 3.63) is 29.3 Å². The first kappa shape index (κ1) is 9.03. The Balaban J connectivity index is 3.11. The van der Waals surface area contributed by atoms with Crippen LogP contribution in [0.3, 0.4) is 0 Å². The molecule has 2 N–H and O–H groups in total. The van der Waals surface area contributed by atoms with E-state index in [1.165, 1.54) is 0 Å². The molecule has 0 aromatic heterocycles. The zero-order valence-corrected chi connectivity index (χ0v) is 7.28. The van der Waals surface area contributed by atoms with E-state index < -0.39 is 0 Å². The van der Waals surface area contributed by atoms with Gasteiger partial charge in [-0.15, -0.1) is 5.23 Å². The van der Waals surface area contributed by atoms with E-state index in [4.69, 9.17) is 10.4 Å². The van der Waals surface area contributed by atoms with Crippen molar-refractivity contribution in [2.24, 2.45) is 0 Å². The molecular weight excluding hydrogens is 154 g/mol. The third-order valence-electron chi connectivity index (χ3n) is 1.83. The molecule has 0 heterocycles. The van der Waals surface area contributed by atoms with Crippen LogP contribution in [0.4, 0.5) is 5.69 Å². The standard InChI is InChI=1S/C9H13NO2/c1-3-8-6-7(2)4-5-9(8)10(11)12/h4-6,11-12H,3H2,1-2H3. The summed E-state index contributed by atoms with van der Waals surface area (Å²) in [5.74, 6) is 0. The highest BCUT2D eigenvalue weighted by molar-refractivity contribution is 5.51. The molecule has 3 nitrogen and oxygen atoms in total. The maximum absolute atomic E-state index is 8.82. The predicted octanol–water partition coefficient (Wildman–Crippen LogP) is 2.14. The van der Waals surface area contributed by atoms with Gasteiger partial charge in [0.25, 0.3) is 0 Å². The van der Waals surface area contributed by atoms with E-state index >= 15 is 0 Å². The van der Waals surface area contributed by atoms with Gasteiger partial charge in [-0.2, -0.15) is 0 Å². The summed E-state index contributed by atoms with van der Waals surface area (Å²) in [5, 5.41) is 17.8. The fourth-order valence-electron chi connectivity index (χ4n) is 1.19. The minimum Gasteiger partial charge on any atom is -0.264 e. The van der Waals surface area contributed by atoms with Crippen LogP contribution in [0, 0.1) is 6.92 Å². The van der Waals surface area contributed by atoms with Gasteiger partial charge in [0, 0.05) is 0 Å². The van der Waals surface area contributed by atoms with Crippen LogP contribution in [-0.4, -0.2) is 10.4 Å². The topological polar surface area (TPSA) is 43.7 Å². The summed E-state index contributed by atoms with van der Waals surface area (Å²) >= 11 is 0. The molecule has 12 heavy (non-hydrogen) atoms. The Bertz CT molecular complexity index is 271. The maximum atomic E-state index is 8.82. The highest BCUT2D eigenvalue weighted by atomic mass is 16.8. The Morgan fingerprint density at radius 3 is 2.50 bits per heavy atom. The summed E-state index contributed by atoms with van der Waals surface area (Å²) in [4.78, 5) is 0. The largest absolute Gasteiger partial charge is 0.264 e. The second-order valence-electron chi connectivity index (χ2n) is 2.78. The Kier molecular flexibility index (Phi) is 2.68. The average molecular weight is 167 g/mol. The van der Waals surface area contributed by atoms with E-state index in [0.717, 1.165) is 17.5 Å². The zero-order valence-electron chi connectivity index (χ0n) is 7.28. The molecule has 1 rings (SSSR count). The van der Waals surface area contributed by atoms with Gasteiger partial charge in [0.15, 0.2) is 0 Å². The number of aryl methyl sites for hydroxylation is 2. The van der Waals surface area contributed by atoms with Crippen LogP contribution in [-0.2, 0) is 6.42 Å². The Labute approximate surface area is 71.8 Å². The Morgan fingerprint density at radius 2 is 2.00 bits per heavy atom. The minimum atomic E-state index is 0.165. The molecule has 0 spiro atoms. The minimum absolute atomic E-state index is 0.165. The van der Waals surface area contributed by atoms with Crippen molar-refractivity contribution >= 4 is 5.69 Å². The summed E-state index contributed by atoms with van der Waals surface area (Å²) in [6.07, 6.45) is 0.786. The molecule has 0 aliphatic carbocycles. The van der Waals surface area contributed by atoms with Crippen LogP contribution in [0.1, 0.15) is 18.1 Å². The molecule has 0 bridgehead atoms. The van der Waals surface area contributed by atoms with Gasteiger partial charge in [0.05, 0.1) is 5.69 Å². The van der Waals surface area contributed by atoms with Crippen LogP contribution in [0.2, 0.25) is 0 Å². The molecule has 0 fully saturated rings. The third kappa shape index (κ3) is 1.75. The number of hydrogen-bond donors (Lipinski definition) is 2. The molecule has 66 valence electrons. The van der Waals surface area contributed by atoms with Gasteiger partial charge in [-0.1, -0.05) is 24.6 Å². The number of nitrogens with zero attached hydrogens (tertiary/aromatic N) is 1. The lowest BCUT2D eigenvalue weighted by Crippen LogP contribution is -2.13. The SMILES string of the molecule is CCc1cc(C)ccc1N(O)O. The Morgan fingerprint density at radius 1 is 1.33 bits per heavy atom. The molecule has 1 aromatic carbocycles. The number of benzene rings is 1. The van der Waals surface area contributed by atoms with Gasteiger partial charge in [0.1, 0.15) is 0 Å². The third-order valence-corrected chi connectivity index (χ3v) is 1.83. The second-order valence-corrected chi connectivity index (χ2v) is 2.78. The van der Waals surface area contributed by atoms with Crippen LogP contribution in [0.15, 0.2) is 18.2 Å². The van der Waals surface area contributed by atoms with Crippen LogP contribution in [0.5, 0.6) is 0 Å². The lowest BCUT2D eigenvalue weighted by Gasteiger charge is -2.12. The van der Waals surface area contributed by atoms with Crippen molar-refractivity contribution < 1.29 is 10.4 Å². The van der Waals surface area contributed by atoms with Gasteiger partial charge < -0.3 is 0 Å². The summed E-state index contributed by atoms with van der Waals surface area (Å²) < 4.78 is 0. The highest BCUT2D eigenvalue weighted by Gasteiger charge is 2.04. The number of anilines is 1. The smallest absolute Gasteiger partial charge is 0.0974 e. The molecule has 3 heteroatoms. The molecule has 0 unspecified atom stereocenters. The van der Waals surface area contributed by atoms with E-state index in [1.54, 1.807) is 6.07 Å². The van der Waals surface area contributed by atoms with Crippen molar-refractivity contribution in [3.8, 4) is 0 Å². The van der Waals surface area contributed by atoms with Gasteiger partial charge in [-0.05, 0) is 25.0 Å². The fourth-order valence-corrected chi connectivity index (χ4v) is 1.19. The van der Waals surface area contributed by atoms with Gasteiger partial charge in [0.2, 0.25) is 0 Å². The highest BCUT2D eigenvalue weighted by Crippen LogP contribution is 2.19. The first-order valence-corrected chi connectivity index (χ1v) is 3.92. The summed E-state index contributed by atoms with van der Waals surface area (Å²) in [7, 11) is 0. The van der Waals surface area contributed by atoms with Crippen molar-refractivity contribution in [1.82, 2.24) is 0 Å². The summed E-state index contributed by atoms with van der Waals surface area (Å²) in [5.41, 5.74) is 2.50. The fraction of sp³-hybridized carbons (Fsp3) is 0.333. The molecule has 0 saturated carbocycles. The maximum Gasteiger partial charge on any atom is 0.0974 e. The first-order valence-electron chi connectivity index (χ1n) is 3.92. The Hall–Kier alpha value is -1.06. The van der Waals surface area contributed by atoms with E-state index in [-0.39, 0.29) is 5.23 Å². The van der Waals surface area contributed by atoms with E-state index in [2.05, 4.69) is 0 Å². The molecule has 0 amide bonds. The molecule has 0 atom stereocenters. The monoisotopic (exact) mass is 167 g/mol. The van der Waals surface area contributed by atoms with Gasteiger partial charge >= 0.3 is 0 Å². The molecule has 1 aromatic rings. The molecule has 0 aliphatic rings. The van der Waals surface area contributed by atoms with Gasteiger partial charge in [-0.3, -0.25) is 10.4 Å². The average Bonchev–Trinajstić information content (AvgIpc) is 2.03. The van der Waals surface area contributed by atoms with Crippen molar-refractivity contribution in [2.45, 2.75) is 20.3 Å². The van der Waals surface area contributed by atoms with E-state index in [0.29, 0.717) is 5.69 Å². The van der Waals surface area contributed by atoms with E-state index in [9.17, 15) is 0 Å². The lowest BCUT2D eigenvalue weighted by atomic mass is 10.1. The molecule has 0 aliphatic heterocycles. The van der Waals surface area contributed by atoms with Crippen molar-refractivity contribution in [2.75, 3.05) is 5.23 Å². The van der Waals surface area contributed by atoms with Gasteiger partial charge in [-0.25, -0.2) is 0 Å².